The molecule has 0 radical (unpaired) electrons. The van der Waals surface area contributed by atoms with Crippen LogP contribution >= 0.6 is 0 Å². The van der Waals surface area contributed by atoms with Crippen molar-refractivity contribution in [1.29, 1.82) is 0 Å². The maximum atomic E-state index is 12.3. The summed E-state index contributed by atoms with van der Waals surface area (Å²) >= 11 is 0. The molecule has 0 spiro atoms. The van der Waals surface area contributed by atoms with E-state index in [9.17, 15) is 4.79 Å². The lowest BCUT2D eigenvalue weighted by Crippen LogP contribution is -2.52. The van der Waals surface area contributed by atoms with E-state index in [1.54, 1.807) is 0 Å². The Morgan fingerprint density at radius 1 is 1.24 bits per heavy atom. The zero-order chi connectivity index (χ0) is 15.6. The van der Waals surface area contributed by atoms with Gasteiger partial charge in [-0.1, -0.05) is 6.07 Å². The minimum absolute atomic E-state index is 0.144. The van der Waals surface area contributed by atoms with Gasteiger partial charge in [-0.2, -0.15) is 0 Å². The second-order valence-electron chi connectivity index (χ2n) is 6.05. The lowest BCUT2D eigenvalue weighted by Gasteiger charge is -2.37. The minimum Gasteiger partial charge on any atom is -0.425 e. The number of morpholine rings is 1. The molecule has 1 aliphatic heterocycles. The molecule has 0 bridgehead atoms. The van der Waals surface area contributed by atoms with Gasteiger partial charge in [-0.3, -0.25) is 4.90 Å². The standard InChI is InChI=1S/C17H25NO3/c1-11-6-7-16(8-12(11)2)21-17(19)15(5)18-9-13(3)20-14(4)10-18/h6-8,13-15H,9-10H2,1-5H3/t13-,14+,15?. The van der Waals surface area contributed by atoms with E-state index in [4.69, 9.17) is 9.47 Å². The van der Waals surface area contributed by atoms with E-state index in [0.29, 0.717) is 5.75 Å². The van der Waals surface area contributed by atoms with E-state index < -0.39 is 0 Å². The third kappa shape index (κ3) is 4.05. The van der Waals surface area contributed by atoms with Crippen LogP contribution in [0.15, 0.2) is 18.2 Å². The highest BCUT2D eigenvalue weighted by molar-refractivity contribution is 5.77. The maximum absolute atomic E-state index is 12.3. The Morgan fingerprint density at radius 2 is 1.86 bits per heavy atom. The van der Waals surface area contributed by atoms with Gasteiger partial charge >= 0.3 is 5.97 Å². The Hall–Kier alpha value is -1.39. The van der Waals surface area contributed by atoms with Crippen LogP contribution in [-0.2, 0) is 9.53 Å². The molecule has 1 aliphatic rings. The molecule has 116 valence electrons. The fourth-order valence-electron chi connectivity index (χ4n) is 2.66. The number of aryl methyl sites for hydroxylation is 2. The predicted molar refractivity (Wildman–Crippen MR) is 82.6 cm³/mol. The fraction of sp³-hybridized carbons (Fsp3) is 0.588. The van der Waals surface area contributed by atoms with Gasteiger partial charge in [-0.25, -0.2) is 4.79 Å². The zero-order valence-electron chi connectivity index (χ0n) is 13.6. The molecular weight excluding hydrogens is 266 g/mol. The highest BCUT2D eigenvalue weighted by Crippen LogP contribution is 2.19. The van der Waals surface area contributed by atoms with Crippen molar-refractivity contribution in [2.24, 2.45) is 0 Å². The van der Waals surface area contributed by atoms with E-state index in [2.05, 4.69) is 4.90 Å². The van der Waals surface area contributed by atoms with Crippen LogP contribution in [0.25, 0.3) is 0 Å². The summed E-state index contributed by atoms with van der Waals surface area (Å²) in [5.74, 6) is 0.406. The van der Waals surface area contributed by atoms with Gasteiger partial charge in [-0.05, 0) is 57.9 Å². The van der Waals surface area contributed by atoms with Crippen LogP contribution < -0.4 is 4.74 Å². The van der Waals surface area contributed by atoms with Gasteiger partial charge in [0, 0.05) is 13.1 Å². The van der Waals surface area contributed by atoms with Crippen molar-refractivity contribution in [3.63, 3.8) is 0 Å². The average molecular weight is 291 g/mol. The van der Waals surface area contributed by atoms with Crippen LogP contribution in [0.1, 0.15) is 31.9 Å². The molecule has 4 heteroatoms. The van der Waals surface area contributed by atoms with Crippen LogP contribution in [0.2, 0.25) is 0 Å². The quantitative estimate of drug-likeness (QED) is 0.634. The normalized spacial score (nSPS) is 24.6. The van der Waals surface area contributed by atoms with Crippen molar-refractivity contribution < 1.29 is 14.3 Å². The Kier molecular flexibility index (Phi) is 5.01. The van der Waals surface area contributed by atoms with Crippen LogP contribution in [0, 0.1) is 13.8 Å². The summed E-state index contributed by atoms with van der Waals surface area (Å²) in [6, 6.07) is 5.46. The molecule has 1 saturated heterocycles. The fourth-order valence-corrected chi connectivity index (χ4v) is 2.66. The zero-order valence-corrected chi connectivity index (χ0v) is 13.6. The van der Waals surface area contributed by atoms with Crippen LogP contribution in [0.4, 0.5) is 0 Å². The molecule has 21 heavy (non-hydrogen) atoms. The summed E-state index contributed by atoms with van der Waals surface area (Å²) in [6.45, 7) is 11.5. The first-order chi connectivity index (χ1) is 9.86. The molecule has 1 unspecified atom stereocenters. The number of nitrogens with zero attached hydrogens (tertiary/aromatic N) is 1. The molecule has 3 atom stereocenters. The molecule has 0 amide bonds. The van der Waals surface area contributed by atoms with Gasteiger partial charge in [0.25, 0.3) is 0 Å². The van der Waals surface area contributed by atoms with Crippen molar-refractivity contribution in [3.05, 3.63) is 29.3 Å². The number of ether oxygens (including phenoxy) is 2. The summed E-state index contributed by atoms with van der Waals surface area (Å²) in [7, 11) is 0. The van der Waals surface area contributed by atoms with E-state index in [-0.39, 0.29) is 24.2 Å². The molecular formula is C17H25NO3. The number of esters is 1. The molecule has 1 heterocycles. The number of rotatable bonds is 3. The summed E-state index contributed by atoms with van der Waals surface area (Å²) < 4.78 is 11.2. The number of carbonyl (C=O) groups is 1. The molecule has 1 fully saturated rings. The Balaban J connectivity index is 2.00. The second kappa shape index (κ2) is 6.58. The predicted octanol–water partition coefficient (Wildman–Crippen LogP) is 2.71. The monoisotopic (exact) mass is 291 g/mol. The van der Waals surface area contributed by atoms with E-state index in [1.165, 1.54) is 5.56 Å². The molecule has 0 aromatic heterocycles. The Bertz CT molecular complexity index is 505. The van der Waals surface area contributed by atoms with Crippen LogP contribution in [-0.4, -0.2) is 42.2 Å². The first-order valence-electron chi connectivity index (χ1n) is 7.55. The molecule has 0 saturated carbocycles. The maximum Gasteiger partial charge on any atom is 0.328 e. The van der Waals surface area contributed by atoms with Gasteiger partial charge in [0.1, 0.15) is 11.8 Å². The van der Waals surface area contributed by atoms with Gasteiger partial charge in [0.15, 0.2) is 0 Å². The van der Waals surface area contributed by atoms with Crippen molar-refractivity contribution >= 4 is 5.97 Å². The van der Waals surface area contributed by atoms with E-state index in [0.717, 1.165) is 18.7 Å². The van der Waals surface area contributed by atoms with Crippen molar-refractivity contribution in [3.8, 4) is 5.75 Å². The lowest BCUT2D eigenvalue weighted by atomic mass is 10.1. The van der Waals surface area contributed by atoms with Gasteiger partial charge < -0.3 is 9.47 Å². The highest BCUT2D eigenvalue weighted by atomic mass is 16.5. The number of benzene rings is 1. The van der Waals surface area contributed by atoms with Gasteiger partial charge in [0.05, 0.1) is 12.2 Å². The van der Waals surface area contributed by atoms with Crippen LogP contribution in [0.3, 0.4) is 0 Å². The smallest absolute Gasteiger partial charge is 0.328 e. The molecule has 1 aromatic carbocycles. The number of hydrogen-bond acceptors (Lipinski definition) is 4. The summed E-state index contributed by atoms with van der Waals surface area (Å²) in [4.78, 5) is 14.4. The van der Waals surface area contributed by atoms with Gasteiger partial charge in [0.2, 0.25) is 0 Å². The van der Waals surface area contributed by atoms with E-state index in [1.807, 2.05) is 52.8 Å². The van der Waals surface area contributed by atoms with E-state index >= 15 is 0 Å². The summed E-state index contributed by atoms with van der Waals surface area (Å²) in [5.41, 5.74) is 2.32. The average Bonchev–Trinajstić information content (AvgIpc) is 2.41. The third-order valence-corrected chi connectivity index (χ3v) is 4.03. The Labute approximate surface area is 127 Å². The van der Waals surface area contributed by atoms with Crippen molar-refractivity contribution in [1.82, 2.24) is 4.90 Å². The van der Waals surface area contributed by atoms with Crippen molar-refractivity contribution in [2.75, 3.05) is 13.1 Å². The molecule has 1 aromatic rings. The lowest BCUT2D eigenvalue weighted by molar-refractivity contribution is -0.145. The number of hydrogen-bond donors (Lipinski definition) is 0. The first-order valence-corrected chi connectivity index (χ1v) is 7.55. The summed E-state index contributed by atoms with van der Waals surface area (Å²) in [6.07, 6.45) is 0.288. The SMILES string of the molecule is Cc1ccc(OC(=O)C(C)N2C[C@@H](C)O[C@@H](C)C2)cc1C. The third-order valence-electron chi connectivity index (χ3n) is 4.03. The minimum atomic E-state index is -0.264. The molecule has 2 rings (SSSR count). The van der Waals surface area contributed by atoms with Gasteiger partial charge in [-0.15, -0.1) is 0 Å². The first kappa shape index (κ1) is 16.0. The van der Waals surface area contributed by atoms with Crippen molar-refractivity contribution in [2.45, 2.75) is 52.9 Å². The topological polar surface area (TPSA) is 38.8 Å². The highest BCUT2D eigenvalue weighted by Gasteiger charge is 2.30. The Morgan fingerprint density at radius 3 is 2.43 bits per heavy atom. The van der Waals surface area contributed by atoms with Crippen LogP contribution in [0.5, 0.6) is 5.75 Å². The largest absolute Gasteiger partial charge is 0.425 e. The number of carbonyl (C=O) groups excluding carboxylic acids is 1. The molecule has 0 N–H and O–H groups in total. The molecule has 4 nitrogen and oxygen atoms in total. The second-order valence-corrected chi connectivity index (χ2v) is 6.05. The molecule has 0 aliphatic carbocycles. The summed E-state index contributed by atoms with van der Waals surface area (Å²) in [5, 5.41) is 0.